The fourth-order valence-corrected chi connectivity index (χ4v) is 3.40. The number of nitrogens with one attached hydrogen (secondary N) is 2. The maximum atomic E-state index is 12.2. The highest BCUT2D eigenvalue weighted by Crippen LogP contribution is 2.28. The Morgan fingerprint density at radius 1 is 0.870 bits per heavy atom. The van der Waals surface area contributed by atoms with Crippen molar-refractivity contribution < 1.29 is 4.79 Å². The van der Waals surface area contributed by atoms with Gasteiger partial charge in [-0.2, -0.15) is 0 Å². The van der Waals surface area contributed by atoms with Crippen molar-refractivity contribution in [2.45, 2.75) is 25.4 Å². The van der Waals surface area contributed by atoms with Gasteiger partial charge in [0.25, 0.3) is 5.91 Å². The van der Waals surface area contributed by atoms with Gasteiger partial charge in [-0.25, -0.2) is 0 Å². The van der Waals surface area contributed by atoms with Gasteiger partial charge in [0.15, 0.2) is 0 Å². The molecule has 4 nitrogen and oxygen atoms in total. The van der Waals surface area contributed by atoms with Gasteiger partial charge in [0.2, 0.25) is 0 Å². The van der Waals surface area contributed by atoms with Crippen LogP contribution in [0.4, 0.5) is 11.4 Å². The van der Waals surface area contributed by atoms with Crippen molar-refractivity contribution in [1.29, 1.82) is 0 Å². The van der Waals surface area contributed by atoms with E-state index < -0.39 is 0 Å². The number of amides is 1. The minimum atomic E-state index is -0.173. The van der Waals surface area contributed by atoms with Crippen molar-refractivity contribution in [2.75, 3.05) is 23.3 Å². The van der Waals surface area contributed by atoms with E-state index in [0.717, 1.165) is 24.3 Å². The zero-order chi connectivity index (χ0) is 15.6. The maximum Gasteiger partial charge on any atom is 0.255 e. The molecule has 23 heavy (non-hydrogen) atoms. The summed E-state index contributed by atoms with van der Waals surface area (Å²) in [5, 5.41) is 6.42. The molecule has 2 aliphatic rings. The van der Waals surface area contributed by atoms with Gasteiger partial charge < -0.3 is 15.5 Å². The van der Waals surface area contributed by atoms with Crippen molar-refractivity contribution in [1.82, 2.24) is 5.32 Å². The fourth-order valence-electron chi connectivity index (χ4n) is 3.40. The Hall–Kier alpha value is -2.49. The minimum Gasteiger partial charge on any atom is -0.372 e. The van der Waals surface area contributed by atoms with Crippen LogP contribution in [0.3, 0.4) is 0 Å². The number of rotatable bonds is 2. The molecule has 0 saturated carbocycles. The first-order valence-corrected chi connectivity index (χ1v) is 8.32. The van der Waals surface area contributed by atoms with Crippen LogP contribution in [-0.2, 0) is 0 Å². The Morgan fingerprint density at radius 3 is 2.39 bits per heavy atom. The van der Waals surface area contributed by atoms with E-state index in [0.29, 0.717) is 5.56 Å². The number of piperidine rings is 1. The molecule has 0 radical (unpaired) electrons. The lowest BCUT2D eigenvalue weighted by Crippen LogP contribution is -2.38. The minimum absolute atomic E-state index is 0.0237. The summed E-state index contributed by atoms with van der Waals surface area (Å²) in [7, 11) is 0. The van der Waals surface area contributed by atoms with E-state index in [1.807, 2.05) is 24.3 Å². The number of para-hydroxylation sites is 1. The van der Waals surface area contributed by atoms with E-state index in [-0.39, 0.29) is 12.1 Å². The van der Waals surface area contributed by atoms with Crippen LogP contribution < -0.4 is 15.5 Å². The summed E-state index contributed by atoms with van der Waals surface area (Å²) in [5.41, 5.74) is 3.94. The summed E-state index contributed by atoms with van der Waals surface area (Å²) >= 11 is 0. The van der Waals surface area contributed by atoms with Crippen LogP contribution in [-0.4, -0.2) is 19.0 Å². The Balaban J connectivity index is 1.54. The summed E-state index contributed by atoms with van der Waals surface area (Å²) in [6.45, 7) is 2.29. The van der Waals surface area contributed by atoms with E-state index >= 15 is 0 Å². The third-order valence-corrected chi connectivity index (χ3v) is 4.69. The molecule has 1 saturated heterocycles. The van der Waals surface area contributed by atoms with Crippen LogP contribution in [0.15, 0.2) is 48.5 Å². The monoisotopic (exact) mass is 307 g/mol. The first-order chi connectivity index (χ1) is 11.3. The van der Waals surface area contributed by atoms with Crippen LogP contribution in [0.2, 0.25) is 0 Å². The number of nitrogens with zero attached hydrogens (tertiary/aromatic N) is 1. The number of anilines is 2. The molecule has 2 aromatic carbocycles. The average molecular weight is 307 g/mol. The zero-order valence-corrected chi connectivity index (χ0v) is 13.1. The average Bonchev–Trinajstić information content (AvgIpc) is 2.63. The second kappa shape index (κ2) is 5.95. The third kappa shape index (κ3) is 2.77. The van der Waals surface area contributed by atoms with Crippen LogP contribution in [0.25, 0.3) is 0 Å². The lowest BCUT2D eigenvalue weighted by molar-refractivity contribution is 0.0935. The number of carbonyl (C=O) groups excluding carboxylic acids is 1. The van der Waals surface area contributed by atoms with E-state index in [2.05, 4.69) is 39.8 Å². The summed E-state index contributed by atoms with van der Waals surface area (Å²) in [6, 6.07) is 16.2. The van der Waals surface area contributed by atoms with Gasteiger partial charge in [0, 0.05) is 24.5 Å². The summed E-state index contributed by atoms with van der Waals surface area (Å²) < 4.78 is 0. The normalized spacial score (nSPS) is 20.4. The molecule has 0 unspecified atom stereocenters. The topological polar surface area (TPSA) is 44.4 Å². The van der Waals surface area contributed by atoms with Gasteiger partial charge in [0.05, 0.1) is 5.56 Å². The number of hydrogen-bond acceptors (Lipinski definition) is 3. The number of hydrogen-bond donors (Lipinski definition) is 2. The maximum absolute atomic E-state index is 12.2. The lowest BCUT2D eigenvalue weighted by atomic mass is 10.0. The van der Waals surface area contributed by atoms with Crippen LogP contribution in [0, 0.1) is 0 Å². The molecule has 2 heterocycles. The molecule has 2 aliphatic heterocycles. The third-order valence-electron chi connectivity index (χ3n) is 4.69. The van der Waals surface area contributed by atoms with Crippen molar-refractivity contribution in [3.8, 4) is 0 Å². The van der Waals surface area contributed by atoms with Gasteiger partial charge in [-0.05, 0) is 49.1 Å². The zero-order valence-electron chi connectivity index (χ0n) is 13.1. The van der Waals surface area contributed by atoms with Crippen LogP contribution >= 0.6 is 0 Å². The SMILES string of the molecule is O=C1N[C@@H](c2ccc(N3CCCCC3)cc2)Nc2ccccc21. The molecule has 118 valence electrons. The van der Waals surface area contributed by atoms with Crippen molar-refractivity contribution in [2.24, 2.45) is 0 Å². The highest BCUT2D eigenvalue weighted by Gasteiger charge is 2.24. The van der Waals surface area contributed by atoms with Gasteiger partial charge in [-0.15, -0.1) is 0 Å². The van der Waals surface area contributed by atoms with Crippen molar-refractivity contribution >= 4 is 17.3 Å². The number of benzene rings is 2. The molecular weight excluding hydrogens is 286 g/mol. The molecule has 1 amide bonds. The first-order valence-electron chi connectivity index (χ1n) is 8.32. The standard InChI is InChI=1S/C19H21N3O/c23-19-16-6-2-3-7-17(16)20-18(21-19)14-8-10-15(11-9-14)22-12-4-1-5-13-22/h2-3,6-11,18,20H,1,4-5,12-13H2,(H,21,23)/t18-/m0/s1. The predicted molar refractivity (Wildman–Crippen MR) is 92.8 cm³/mol. The summed E-state index contributed by atoms with van der Waals surface area (Å²) in [5.74, 6) is -0.0237. The summed E-state index contributed by atoms with van der Waals surface area (Å²) in [6.07, 6.45) is 3.72. The van der Waals surface area contributed by atoms with Gasteiger partial charge in [-0.3, -0.25) is 4.79 Å². The second-order valence-electron chi connectivity index (χ2n) is 6.24. The predicted octanol–water partition coefficient (Wildman–Crippen LogP) is 3.53. The molecule has 2 N–H and O–H groups in total. The van der Waals surface area contributed by atoms with Crippen molar-refractivity contribution in [3.63, 3.8) is 0 Å². The Labute approximate surface area is 136 Å². The highest BCUT2D eigenvalue weighted by atomic mass is 16.2. The molecular formula is C19H21N3O. The molecule has 1 fully saturated rings. The van der Waals surface area contributed by atoms with Gasteiger partial charge in [-0.1, -0.05) is 24.3 Å². The second-order valence-corrected chi connectivity index (χ2v) is 6.24. The quantitative estimate of drug-likeness (QED) is 0.892. The molecule has 0 spiro atoms. The molecule has 4 heteroatoms. The van der Waals surface area contributed by atoms with E-state index in [4.69, 9.17) is 0 Å². The molecule has 4 rings (SSSR count). The van der Waals surface area contributed by atoms with Gasteiger partial charge >= 0.3 is 0 Å². The van der Waals surface area contributed by atoms with E-state index in [1.54, 1.807) is 0 Å². The Bertz CT molecular complexity index is 705. The van der Waals surface area contributed by atoms with Crippen LogP contribution in [0.1, 0.15) is 41.3 Å². The molecule has 0 aromatic heterocycles. The molecule has 1 atom stereocenters. The fraction of sp³-hybridized carbons (Fsp3) is 0.316. The number of fused-ring (bicyclic) bond motifs is 1. The smallest absolute Gasteiger partial charge is 0.255 e. The lowest BCUT2D eigenvalue weighted by Gasteiger charge is -2.30. The Kier molecular flexibility index (Phi) is 3.66. The largest absolute Gasteiger partial charge is 0.372 e. The molecule has 2 aromatic rings. The summed E-state index contributed by atoms with van der Waals surface area (Å²) in [4.78, 5) is 14.7. The Morgan fingerprint density at radius 2 is 1.61 bits per heavy atom. The number of carbonyl (C=O) groups is 1. The van der Waals surface area contributed by atoms with Gasteiger partial charge in [0.1, 0.15) is 6.17 Å². The van der Waals surface area contributed by atoms with Crippen molar-refractivity contribution in [3.05, 3.63) is 59.7 Å². The van der Waals surface area contributed by atoms with Crippen LogP contribution in [0.5, 0.6) is 0 Å². The highest BCUT2D eigenvalue weighted by molar-refractivity contribution is 6.01. The molecule has 0 bridgehead atoms. The van der Waals surface area contributed by atoms with E-state index in [9.17, 15) is 4.79 Å². The molecule has 0 aliphatic carbocycles. The van der Waals surface area contributed by atoms with E-state index in [1.165, 1.54) is 24.9 Å². The first kappa shape index (κ1) is 14.1.